The molecule has 0 aromatic rings. The van der Waals surface area contributed by atoms with Gasteiger partial charge < -0.3 is 0 Å². The van der Waals surface area contributed by atoms with E-state index in [2.05, 4.69) is 45.9 Å². The number of hydrogen-bond donors (Lipinski definition) is 0. The van der Waals surface area contributed by atoms with Gasteiger partial charge in [0.15, 0.2) is 0 Å². The molecule has 0 unspecified atom stereocenters. The van der Waals surface area contributed by atoms with Crippen molar-refractivity contribution in [3.63, 3.8) is 0 Å². The molecule has 0 aromatic heterocycles. The van der Waals surface area contributed by atoms with E-state index in [1.165, 1.54) is 38.5 Å². The minimum atomic E-state index is 0.753. The first-order chi connectivity index (χ1) is 8.17. The lowest BCUT2D eigenvalue weighted by atomic mass is 9.87. The molecule has 0 amide bonds. The van der Waals surface area contributed by atoms with Crippen molar-refractivity contribution in [3.8, 4) is 0 Å². The number of rotatable bonds is 2. The van der Waals surface area contributed by atoms with Crippen molar-refractivity contribution in [2.75, 3.05) is 0 Å². The van der Waals surface area contributed by atoms with E-state index in [1.54, 1.807) is 16.7 Å². The van der Waals surface area contributed by atoms with E-state index in [4.69, 9.17) is 0 Å². The van der Waals surface area contributed by atoms with Gasteiger partial charge >= 0.3 is 0 Å². The van der Waals surface area contributed by atoms with Crippen molar-refractivity contribution >= 4 is 0 Å². The van der Waals surface area contributed by atoms with Gasteiger partial charge in [0, 0.05) is 0 Å². The molecule has 0 bridgehead atoms. The molecule has 0 aromatic carbocycles. The van der Waals surface area contributed by atoms with Crippen LogP contribution in [0.15, 0.2) is 34.9 Å². The predicted octanol–water partition coefficient (Wildman–Crippen LogP) is 5.82. The van der Waals surface area contributed by atoms with Crippen molar-refractivity contribution < 1.29 is 0 Å². The molecule has 17 heavy (non-hydrogen) atoms. The molecule has 0 N–H and O–H groups in total. The molecule has 1 aliphatic rings. The lowest BCUT2D eigenvalue weighted by Crippen LogP contribution is -2.03. The molecule has 1 atom stereocenters. The van der Waals surface area contributed by atoms with Crippen LogP contribution >= 0.6 is 0 Å². The summed E-state index contributed by atoms with van der Waals surface area (Å²) in [7, 11) is 0. The standard InChI is InChI=1S/C17H28/c1-5-15(4)17-12-10-14(3)8-7-9-16(6-2)11-13-17/h5,8,11,17H,6-7,9-10,12-13H2,1-4H3/b14-8+,15-5+,16-11-/t17-/m1/s1. The first-order valence-corrected chi connectivity index (χ1v) is 7.13. The van der Waals surface area contributed by atoms with Crippen LogP contribution in [0.5, 0.6) is 0 Å². The van der Waals surface area contributed by atoms with Crippen LogP contribution in [-0.4, -0.2) is 0 Å². The van der Waals surface area contributed by atoms with Crippen LogP contribution in [0, 0.1) is 5.92 Å². The third kappa shape index (κ3) is 4.93. The molecule has 0 saturated carbocycles. The highest BCUT2D eigenvalue weighted by molar-refractivity contribution is 5.12. The molecule has 0 fully saturated rings. The first-order valence-electron chi connectivity index (χ1n) is 7.13. The minimum Gasteiger partial charge on any atom is -0.0884 e. The van der Waals surface area contributed by atoms with Crippen molar-refractivity contribution in [3.05, 3.63) is 34.9 Å². The Morgan fingerprint density at radius 3 is 2.76 bits per heavy atom. The minimum absolute atomic E-state index is 0.753. The van der Waals surface area contributed by atoms with Crippen LogP contribution in [0.2, 0.25) is 0 Å². The van der Waals surface area contributed by atoms with Gasteiger partial charge in [0.1, 0.15) is 0 Å². The summed E-state index contributed by atoms with van der Waals surface area (Å²) < 4.78 is 0. The zero-order valence-electron chi connectivity index (χ0n) is 12.1. The van der Waals surface area contributed by atoms with E-state index in [-0.39, 0.29) is 0 Å². The highest BCUT2D eigenvalue weighted by Gasteiger charge is 2.10. The fourth-order valence-corrected chi connectivity index (χ4v) is 2.51. The monoisotopic (exact) mass is 232 g/mol. The van der Waals surface area contributed by atoms with E-state index in [1.807, 2.05) is 0 Å². The van der Waals surface area contributed by atoms with E-state index >= 15 is 0 Å². The molecule has 0 nitrogen and oxygen atoms in total. The lowest BCUT2D eigenvalue weighted by molar-refractivity contribution is 0.558. The largest absolute Gasteiger partial charge is 0.0884 e. The Labute approximate surface area is 108 Å². The second-order valence-corrected chi connectivity index (χ2v) is 5.31. The van der Waals surface area contributed by atoms with Gasteiger partial charge in [-0.25, -0.2) is 0 Å². The third-order valence-corrected chi connectivity index (χ3v) is 4.09. The molecule has 1 rings (SSSR count). The zero-order valence-corrected chi connectivity index (χ0v) is 12.1. The molecule has 0 heterocycles. The van der Waals surface area contributed by atoms with E-state index < -0.39 is 0 Å². The molecule has 0 radical (unpaired) electrons. The second-order valence-electron chi connectivity index (χ2n) is 5.31. The quantitative estimate of drug-likeness (QED) is 0.527. The highest BCUT2D eigenvalue weighted by Crippen LogP contribution is 2.26. The maximum absolute atomic E-state index is 2.51. The summed E-state index contributed by atoms with van der Waals surface area (Å²) in [4.78, 5) is 0. The van der Waals surface area contributed by atoms with E-state index in [9.17, 15) is 0 Å². The van der Waals surface area contributed by atoms with Gasteiger partial charge in [0.05, 0.1) is 0 Å². The van der Waals surface area contributed by atoms with Crippen molar-refractivity contribution in [2.45, 2.75) is 66.2 Å². The molecule has 1 aliphatic carbocycles. The predicted molar refractivity (Wildman–Crippen MR) is 78.1 cm³/mol. The van der Waals surface area contributed by atoms with Crippen LogP contribution in [-0.2, 0) is 0 Å². The Bertz CT molecular complexity index is 315. The summed E-state index contributed by atoms with van der Waals surface area (Å²) in [5.41, 5.74) is 4.78. The Morgan fingerprint density at radius 2 is 2.12 bits per heavy atom. The molecule has 0 saturated heterocycles. The Balaban J connectivity index is 2.79. The fourth-order valence-electron chi connectivity index (χ4n) is 2.51. The average Bonchev–Trinajstić information content (AvgIpc) is 2.35. The smallest absolute Gasteiger partial charge is 0.0168 e. The highest BCUT2D eigenvalue weighted by atomic mass is 14.2. The summed E-state index contributed by atoms with van der Waals surface area (Å²) in [5.74, 6) is 0.753. The Kier molecular flexibility index (Phi) is 6.32. The van der Waals surface area contributed by atoms with Gasteiger partial charge in [-0.1, -0.05) is 41.9 Å². The van der Waals surface area contributed by atoms with Gasteiger partial charge in [-0.2, -0.15) is 0 Å². The molecular weight excluding hydrogens is 204 g/mol. The maximum Gasteiger partial charge on any atom is -0.0168 e. The van der Waals surface area contributed by atoms with Gasteiger partial charge in [0.2, 0.25) is 0 Å². The van der Waals surface area contributed by atoms with Crippen molar-refractivity contribution in [1.82, 2.24) is 0 Å². The molecule has 96 valence electrons. The summed E-state index contributed by atoms with van der Waals surface area (Å²) in [6, 6.07) is 0. The van der Waals surface area contributed by atoms with Gasteiger partial charge in [-0.15, -0.1) is 0 Å². The fraction of sp³-hybridized carbons (Fsp3) is 0.647. The van der Waals surface area contributed by atoms with Gasteiger partial charge in [-0.05, 0) is 65.2 Å². The van der Waals surface area contributed by atoms with Crippen LogP contribution in [0.1, 0.15) is 66.2 Å². The zero-order chi connectivity index (χ0) is 12.7. The normalized spacial score (nSPS) is 30.1. The summed E-state index contributed by atoms with van der Waals surface area (Å²) in [6.45, 7) is 9.03. The van der Waals surface area contributed by atoms with Crippen molar-refractivity contribution in [1.29, 1.82) is 0 Å². The van der Waals surface area contributed by atoms with Crippen LogP contribution in [0.25, 0.3) is 0 Å². The molecule has 0 heteroatoms. The lowest BCUT2D eigenvalue weighted by Gasteiger charge is -2.18. The van der Waals surface area contributed by atoms with Crippen LogP contribution < -0.4 is 0 Å². The second kappa shape index (κ2) is 7.53. The van der Waals surface area contributed by atoms with Gasteiger partial charge in [-0.3, -0.25) is 0 Å². The number of hydrogen-bond acceptors (Lipinski definition) is 0. The summed E-state index contributed by atoms with van der Waals surface area (Å²) >= 11 is 0. The van der Waals surface area contributed by atoms with Crippen LogP contribution in [0.3, 0.4) is 0 Å². The average molecular weight is 232 g/mol. The van der Waals surface area contributed by atoms with E-state index in [0.29, 0.717) is 0 Å². The summed E-state index contributed by atoms with van der Waals surface area (Å²) in [6.07, 6.45) is 14.8. The Morgan fingerprint density at radius 1 is 1.35 bits per heavy atom. The molecular formula is C17H28. The Hall–Kier alpha value is -0.780. The SMILES string of the molecule is C/C=C(\C)[C@H]1C/C=C(/CC)CC/C=C(\C)CC1. The third-order valence-electron chi connectivity index (χ3n) is 4.09. The van der Waals surface area contributed by atoms with Crippen LogP contribution in [0.4, 0.5) is 0 Å². The van der Waals surface area contributed by atoms with E-state index in [0.717, 1.165) is 5.92 Å². The van der Waals surface area contributed by atoms with Crippen molar-refractivity contribution in [2.24, 2.45) is 5.92 Å². The summed E-state index contributed by atoms with van der Waals surface area (Å²) in [5, 5.41) is 0. The maximum atomic E-state index is 2.51. The number of allylic oxidation sites excluding steroid dienone is 6. The first kappa shape index (κ1) is 14.3. The molecule has 0 spiro atoms. The molecule has 0 aliphatic heterocycles. The topological polar surface area (TPSA) is 0 Å². The van der Waals surface area contributed by atoms with Gasteiger partial charge in [0.25, 0.3) is 0 Å².